The summed E-state index contributed by atoms with van der Waals surface area (Å²) in [7, 11) is 4.03. The maximum absolute atomic E-state index is 12.8. The van der Waals surface area contributed by atoms with Crippen LogP contribution in [0.1, 0.15) is 12.0 Å². The fourth-order valence-corrected chi connectivity index (χ4v) is 2.16. The first-order valence-corrected chi connectivity index (χ1v) is 7.61. The number of anilines is 2. The lowest BCUT2D eigenvalue weighted by molar-refractivity contribution is 0.252. The van der Waals surface area contributed by atoms with Crippen LogP contribution in [0.2, 0.25) is 0 Å². The standard InChI is InChI=1S/C18H22FN3O/c1-22(2)17-11-5-14(6-12-17)4-3-13-20-18(23)21-16-9-7-15(19)8-10-16/h5-12H,3-4,13H2,1-2H3,(H2,20,21,23). The van der Waals surface area contributed by atoms with Gasteiger partial charge >= 0.3 is 6.03 Å². The monoisotopic (exact) mass is 315 g/mol. The minimum Gasteiger partial charge on any atom is -0.378 e. The van der Waals surface area contributed by atoms with Crippen molar-refractivity contribution >= 4 is 17.4 Å². The summed E-state index contributed by atoms with van der Waals surface area (Å²) in [5, 5.41) is 5.46. The summed E-state index contributed by atoms with van der Waals surface area (Å²) in [6, 6.07) is 13.8. The topological polar surface area (TPSA) is 44.4 Å². The summed E-state index contributed by atoms with van der Waals surface area (Å²) in [5.41, 5.74) is 2.99. The molecule has 122 valence electrons. The van der Waals surface area contributed by atoms with E-state index < -0.39 is 0 Å². The Morgan fingerprint density at radius 2 is 1.70 bits per heavy atom. The van der Waals surface area contributed by atoms with Crippen molar-refractivity contribution in [2.24, 2.45) is 0 Å². The third kappa shape index (κ3) is 5.62. The first-order chi connectivity index (χ1) is 11.0. The molecule has 0 heterocycles. The number of nitrogens with one attached hydrogen (secondary N) is 2. The van der Waals surface area contributed by atoms with Crippen molar-refractivity contribution in [1.82, 2.24) is 5.32 Å². The molecule has 0 fully saturated rings. The number of urea groups is 1. The minimum absolute atomic E-state index is 0.278. The van der Waals surface area contributed by atoms with Crippen LogP contribution in [0.5, 0.6) is 0 Å². The summed E-state index contributed by atoms with van der Waals surface area (Å²) in [6.07, 6.45) is 1.77. The number of amides is 2. The van der Waals surface area contributed by atoms with Crippen LogP contribution < -0.4 is 15.5 Å². The second-order valence-electron chi connectivity index (χ2n) is 5.55. The molecule has 0 unspecified atom stereocenters. The number of halogens is 1. The first kappa shape index (κ1) is 16.8. The molecule has 2 aromatic rings. The molecule has 0 saturated carbocycles. The first-order valence-electron chi connectivity index (χ1n) is 7.61. The van der Waals surface area contributed by atoms with Gasteiger partial charge in [0, 0.05) is 32.0 Å². The quantitative estimate of drug-likeness (QED) is 0.799. The Hall–Kier alpha value is -2.56. The van der Waals surface area contributed by atoms with E-state index in [-0.39, 0.29) is 11.8 Å². The van der Waals surface area contributed by atoms with Gasteiger partial charge in [0.15, 0.2) is 0 Å². The maximum atomic E-state index is 12.8. The Morgan fingerprint density at radius 1 is 1.04 bits per heavy atom. The number of benzene rings is 2. The third-order valence-corrected chi connectivity index (χ3v) is 3.48. The summed E-state index contributed by atoms with van der Waals surface area (Å²) in [6.45, 7) is 0.586. The Balaban J connectivity index is 1.68. The van der Waals surface area contributed by atoms with Crippen LogP contribution in [0.4, 0.5) is 20.6 Å². The molecule has 0 aliphatic heterocycles. The van der Waals surface area contributed by atoms with E-state index in [0.717, 1.165) is 12.8 Å². The van der Waals surface area contributed by atoms with Crippen LogP contribution in [0.15, 0.2) is 48.5 Å². The molecule has 0 radical (unpaired) electrons. The van der Waals surface area contributed by atoms with Crippen LogP contribution in [0, 0.1) is 5.82 Å². The summed E-state index contributed by atoms with van der Waals surface area (Å²) < 4.78 is 12.8. The predicted octanol–water partition coefficient (Wildman–Crippen LogP) is 3.65. The molecule has 0 bridgehead atoms. The highest BCUT2D eigenvalue weighted by Crippen LogP contribution is 2.13. The average molecular weight is 315 g/mol. The summed E-state index contributed by atoms with van der Waals surface area (Å²) in [4.78, 5) is 13.8. The Bertz CT molecular complexity index is 624. The lowest BCUT2D eigenvalue weighted by atomic mass is 10.1. The van der Waals surface area contributed by atoms with Gasteiger partial charge in [0.1, 0.15) is 5.82 Å². The molecule has 0 aliphatic rings. The van der Waals surface area contributed by atoms with Crippen LogP contribution in [-0.2, 0) is 6.42 Å². The Kier molecular flexibility index (Phi) is 5.97. The normalized spacial score (nSPS) is 10.2. The third-order valence-electron chi connectivity index (χ3n) is 3.48. The van der Waals surface area contributed by atoms with Crippen molar-refractivity contribution in [2.45, 2.75) is 12.8 Å². The van der Waals surface area contributed by atoms with E-state index in [1.807, 2.05) is 14.1 Å². The second-order valence-corrected chi connectivity index (χ2v) is 5.55. The van der Waals surface area contributed by atoms with E-state index >= 15 is 0 Å². The largest absolute Gasteiger partial charge is 0.378 e. The fraction of sp³-hybridized carbons (Fsp3) is 0.278. The molecule has 0 spiro atoms. The van der Waals surface area contributed by atoms with Crippen LogP contribution in [-0.4, -0.2) is 26.7 Å². The zero-order chi connectivity index (χ0) is 16.7. The minimum atomic E-state index is -0.323. The molecule has 2 aromatic carbocycles. The summed E-state index contributed by atoms with van der Waals surface area (Å²) >= 11 is 0. The van der Waals surface area contributed by atoms with Crippen molar-refractivity contribution < 1.29 is 9.18 Å². The maximum Gasteiger partial charge on any atom is 0.319 e. The van der Waals surface area contributed by atoms with E-state index in [1.54, 1.807) is 0 Å². The highest BCUT2D eigenvalue weighted by atomic mass is 19.1. The molecule has 23 heavy (non-hydrogen) atoms. The number of hydrogen-bond acceptors (Lipinski definition) is 2. The average Bonchev–Trinajstić information content (AvgIpc) is 2.54. The van der Waals surface area contributed by atoms with Crippen LogP contribution in [0.3, 0.4) is 0 Å². The van der Waals surface area contributed by atoms with E-state index in [1.165, 1.54) is 35.5 Å². The van der Waals surface area contributed by atoms with Crippen molar-refractivity contribution in [1.29, 1.82) is 0 Å². The van der Waals surface area contributed by atoms with E-state index in [4.69, 9.17) is 0 Å². The van der Waals surface area contributed by atoms with Crippen LogP contribution in [0.25, 0.3) is 0 Å². The molecule has 4 nitrogen and oxygen atoms in total. The van der Waals surface area contributed by atoms with E-state index in [9.17, 15) is 9.18 Å². The number of rotatable bonds is 6. The molecule has 0 atom stereocenters. The lowest BCUT2D eigenvalue weighted by Crippen LogP contribution is -2.29. The lowest BCUT2D eigenvalue weighted by Gasteiger charge is -2.12. The van der Waals surface area contributed by atoms with Gasteiger partial charge < -0.3 is 15.5 Å². The molecule has 5 heteroatoms. The highest BCUT2D eigenvalue weighted by Gasteiger charge is 2.02. The fourth-order valence-electron chi connectivity index (χ4n) is 2.16. The Morgan fingerprint density at radius 3 is 2.30 bits per heavy atom. The van der Waals surface area contributed by atoms with Gasteiger partial charge in [0.05, 0.1) is 0 Å². The number of carbonyl (C=O) groups excluding carboxylic acids is 1. The van der Waals surface area contributed by atoms with Gasteiger partial charge in [-0.25, -0.2) is 9.18 Å². The van der Waals surface area contributed by atoms with Crippen molar-refractivity contribution in [3.63, 3.8) is 0 Å². The second kappa shape index (κ2) is 8.17. The highest BCUT2D eigenvalue weighted by molar-refractivity contribution is 5.89. The van der Waals surface area contributed by atoms with Crippen LogP contribution >= 0.6 is 0 Å². The number of nitrogens with zero attached hydrogens (tertiary/aromatic N) is 1. The molecule has 0 aliphatic carbocycles. The number of aryl methyl sites for hydroxylation is 1. The molecule has 2 rings (SSSR count). The smallest absolute Gasteiger partial charge is 0.319 e. The van der Waals surface area contributed by atoms with Crippen molar-refractivity contribution in [2.75, 3.05) is 30.9 Å². The van der Waals surface area contributed by atoms with E-state index in [2.05, 4.69) is 39.8 Å². The van der Waals surface area contributed by atoms with Gasteiger partial charge in [-0.05, 0) is 54.8 Å². The molecule has 2 N–H and O–H groups in total. The van der Waals surface area contributed by atoms with Gasteiger partial charge in [-0.1, -0.05) is 12.1 Å². The molecule has 0 saturated heterocycles. The molecule has 0 aromatic heterocycles. The van der Waals surface area contributed by atoms with Gasteiger partial charge in [0.2, 0.25) is 0 Å². The molecular formula is C18H22FN3O. The summed E-state index contributed by atoms with van der Waals surface area (Å²) in [5.74, 6) is -0.323. The zero-order valence-corrected chi connectivity index (χ0v) is 13.5. The SMILES string of the molecule is CN(C)c1ccc(CCCNC(=O)Nc2ccc(F)cc2)cc1. The number of carbonyl (C=O) groups is 1. The molecule has 2 amide bonds. The van der Waals surface area contributed by atoms with E-state index in [0.29, 0.717) is 12.2 Å². The van der Waals surface area contributed by atoms with Crippen molar-refractivity contribution in [3.8, 4) is 0 Å². The zero-order valence-electron chi connectivity index (χ0n) is 13.5. The van der Waals surface area contributed by atoms with Gasteiger partial charge in [-0.2, -0.15) is 0 Å². The molecular weight excluding hydrogens is 293 g/mol. The predicted molar refractivity (Wildman–Crippen MR) is 92.5 cm³/mol. The Labute approximate surface area is 136 Å². The van der Waals surface area contributed by atoms with Crippen molar-refractivity contribution in [3.05, 3.63) is 59.9 Å². The number of hydrogen-bond donors (Lipinski definition) is 2. The van der Waals surface area contributed by atoms with Gasteiger partial charge in [0.25, 0.3) is 0 Å². The van der Waals surface area contributed by atoms with Gasteiger partial charge in [-0.3, -0.25) is 0 Å². The van der Waals surface area contributed by atoms with Gasteiger partial charge in [-0.15, -0.1) is 0 Å².